The fraction of sp³-hybridized carbons (Fsp3) is 0.423. The summed E-state index contributed by atoms with van der Waals surface area (Å²) in [5.74, 6) is 0.411. The molecule has 2 aromatic carbocycles. The minimum absolute atomic E-state index is 0.0354. The van der Waals surface area contributed by atoms with Gasteiger partial charge in [0, 0.05) is 24.2 Å². The molecule has 0 saturated carbocycles. The van der Waals surface area contributed by atoms with Crippen LogP contribution in [0.2, 0.25) is 0 Å². The van der Waals surface area contributed by atoms with Crippen molar-refractivity contribution in [2.45, 2.75) is 45.9 Å². The number of benzene rings is 2. The van der Waals surface area contributed by atoms with E-state index in [2.05, 4.69) is 37.4 Å². The molecule has 0 unspecified atom stereocenters. The van der Waals surface area contributed by atoms with Crippen LogP contribution in [0.25, 0.3) is 0 Å². The van der Waals surface area contributed by atoms with Crippen LogP contribution in [0.1, 0.15) is 36.1 Å². The summed E-state index contributed by atoms with van der Waals surface area (Å²) in [6.07, 6.45) is 0.498. The number of amides is 1. The second kappa shape index (κ2) is 14.1. The molecule has 0 heterocycles. The number of thioether (sulfide) groups is 2. The molecule has 7 heteroatoms. The average Bonchev–Trinajstić information content (AvgIpc) is 2.78. The van der Waals surface area contributed by atoms with Crippen LogP contribution in [0.3, 0.4) is 0 Å². The molecule has 2 aromatic rings. The normalized spacial score (nSPS) is 12.6. The monoisotopic (exact) mass is 487 g/mol. The zero-order valence-electron chi connectivity index (χ0n) is 19.8. The molecule has 0 aliphatic heterocycles. The van der Waals surface area contributed by atoms with E-state index in [1.807, 2.05) is 30.3 Å². The second-order valence-corrected chi connectivity index (χ2v) is 10.2. The van der Waals surface area contributed by atoms with E-state index in [9.17, 15) is 14.4 Å². The Hall–Kier alpha value is -2.25. The molecule has 178 valence electrons. The maximum Gasteiger partial charge on any atom is 0.329 e. The Morgan fingerprint density at radius 3 is 2.33 bits per heavy atom. The highest BCUT2D eigenvalue weighted by molar-refractivity contribution is 8.13. The van der Waals surface area contributed by atoms with Crippen molar-refractivity contribution in [2.24, 2.45) is 5.92 Å². The van der Waals surface area contributed by atoms with Gasteiger partial charge in [0.15, 0.2) is 5.12 Å². The maximum absolute atomic E-state index is 13.1. The van der Waals surface area contributed by atoms with Crippen molar-refractivity contribution >= 4 is 40.5 Å². The van der Waals surface area contributed by atoms with Gasteiger partial charge in [0.2, 0.25) is 5.91 Å². The van der Waals surface area contributed by atoms with Gasteiger partial charge < -0.3 is 10.1 Å². The number of carbonyl (C=O) groups excluding carboxylic acids is 3. The summed E-state index contributed by atoms with van der Waals surface area (Å²) < 4.78 is 5.21. The van der Waals surface area contributed by atoms with Crippen LogP contribution in [0.15, 0.2) is 48.5 Å². The molecule has 33 heavy (non-hydrogen) atoms. The number of carbonyl (C=O) groups is 3. The van der Waals surface area contributed by atoms with Gasteiger partial charge in [0.25, 0.3) is 0 Å². The number of esters is 1. The van der Waals surface area contributed by atoms with E-state index < -0.39 is 17.9 Å². The van der Waals surface area contributed by atoms with Gasteiger partial charge in [-0.2, -0.15) is 11.8 Å². The molecule has 5 nitrogen and oxygen atoms in total. The number of aryl methyl sites for hydroxylation is 2. The molecular weight excluding hydrogens is 454 g/mol. The van der Waals surface area contributed by atoms with Crippen molar-refractivity contribution in [3.8, 4) is 0 Å². The molecule has 0 fully saturated rings. The molecule has 0 aromatic heterocycles. The molecule has 1 N–H and O–H groups in total. The van der Waals surface area contributed by atoms with E-state index in [1.54, 1.807) is 18.7 Å². The molecule has 0 saturated heterocycles. The molecule has 1 amide bonds. The largest absolute Gasteiger partial charge is 0.464 e. The lowest BCUT2D eigenvalue weighted by Crippen LogP contribution is -2.47. The molecule has 0 spiro atoms. The van der Waals surface area contributed by atoms with Crippen LogP contribution in [0, 0.1) is 19.8 Å². The standard InChI is InChI=1S/C26H33NO4S2/c1-5-31-26(30)24(17-32-15-22-12-11-18(2)19(3)13-22)27-25(29)23(16-33-20(4)28)14-21-9-7-6-8-10-21/h6-13,23-24H,5,14-17H2,1-4H3,(H,27,29)/t23-,24+/m1/s1. The Balaban J connectivity index is 2.05. The van der Waals surface area contributed by atoms with Gasteiger partial charge in [-0.15, -0.1) is 0 Å². The van der Waals surface area contributed by atoms with Crippen molar-refractivity contribution < 1.29 is 19.1 Å². The fourth-order valence-electron chi connectivity index (χ4n) is 3.23. The Morgan fingerprint density at radius 2 is 1.70 bits per heavy atom. The van der Waals surface area contributed by atoms with E-state index in [0.717, 1.165) is 23.1 Å². The van der Waals surface area contributed by atoms with Gasteiger partial charge in [0.05, 0.1) is 12.5 Å². The summed E-state index contributed by atoms with van der Waals surface area (Å²) >= 11 is 2.71. The zero-order valence-corrected chi connectivity index (χ0v) is 21.4. The van der Waals surface area contributed by atoms with Crippen molar-refractivity contribution in [2.75, 3.05) is 18.1 Å². The van der Waals surface area contributed by atoms with Crippen molar-refractivity contribution in [3.63, 3.8) is 0 Å². The first-order chi connectivity index (χ1) is 15.8. The first-order valence-corrected chi connectivity index (χ1v) is 13.2. The lowest BCUT2D eigenvalue weighted by Gasteiger charge is -2.21. The third-order valence-electron chi connectivity index (χ3n) is 5.20. The van der Waals surface area contributed by atoms with Crippen molar-refractivity contribution in [1.29, 1.82) is 0 Å². The van der Waals surface area contributed by atoms with Gasteiger partial charge in [-0.1, -0.05) is 60.3 Å². The number of ether oxygens (including phenoxy) is 1. The van der Waals surface area contributed by atoms with E-state index >= 15 is 0 Å². The Bertz CT molecular complexity index is 933. The third kappa shape index (κ3) is 9.64. The first kappa shape index (κ1) is 27.0. The lowest BCUT2D eigenvalue weighted by molar-refractivity contribution is -0.147. The minimum Gasteiger partial charge on any atom is -0.464 e. The van der Waals surface area contributed by atoms with Crippen molar-refractivity contribution in [1.82, 2.24) is 5.32 Å². The number of nitrogens with one attached hydrogen (secondary N) is 1. The molecule has 2 rings (SSSR count). The van der Waals surface area contributed by atoms with Crippen LogP contribution in [0.4, 0.5) is 0 Å². The second-order valence-electron chi connectivity index (χ2n) is 7.94. The topological polar surface area (TPSA) is 72.5 Å². The number of rotatable bonds is 12. The molecular formula is C26H33NO4S2. The zero-order chi connectivity index (χ0) is 24.2. The minimum atomic E-state index is -0.741. The van der Waals surface area contributed by atoms with Crippen LogP contribution in [-0.4, -0.2) is 41.1 Å². The fourth-order valence-corrected chi connectivity index (χ4v) is 4.93. The van der Waals surface area contributed by atoms with Gasteiger partial charge in [-0.05, 0) is 49.4 Å². The predicted octanol–water partition coefficient (Wildman–Crippen LogP) is 4.72. The van der Waals surface area contributed by atoms with Crippen LogP contribution in [0.5, 0.6) is 0 Å². The average molecular weight is 488 g/mol. The number of hydrogen-bond acceptors (Lipinski definition) is 6. The van der Waals surface area contributed by atoms with Gasteiger partial charge in [0.1, 0.15) is 6.04 Å². The SMILES string of the molecule is CCOC(=O)[C@H](CSCc1ccc(C)c(C)c1)NC(=O)[C@@H](CSC(C)=O)Cc1ccccc1. The summed E-state index contributed by atoms with van der Waals surface area (Å²) in [7, 11) is 0. The molecule has 0 bridgehead atoms. The maximum atomic E-state index is 13.1. The third-order valence-corrected chi connectivity index (χ3v) is 7.28. The van der Waals surface area contributed by atoms with Crippen LogP contribution < -0.4 is 5.32 Å². The van der Waals surface area contributed by atoms with Crippen LogP contribution in [-0.2, 0) is 31.3 Å². The van der Waals surface area contributed by atoms with E-state index in [1.165, 1.54) is 23.6 Å². The van der Waals surface area contributed by atoms with E-state index in [-0.39, 0.29) is 17.6 Å². The summed E-state index contributed by atoms with van der Waals surface area (Å²) in [4.78, 5) is 37.2. The molecule has 0 aliphatic rings. The molecule has 0 aliphatic carbocycles. The Labute approximate surface area is 205 Å². The highest BCUT2D eigenvalue weighted by Crippen LogP contribution is 2.19. The highest BCUT2D eigenvalue weighted by atomic mass is 32.2. The summed E-state index contributed by atoms with van der Waals surface area (Å²) in [5, 5.41) is 2.86. The summed E-state index contributed by atoms with van der Waals surface area (Å²) in [6.45, 7) is 7.65. The van der Waals surface area contributed by atoms with E-state index in [4.69, 9.17) is 4.74 Å². The van der Waals surface area contributed by atoms with Gasteiger partial charge in [-0.3, -0.25) is 9.59 Å². The van der Waals surface area contributed by atoms with Gasteiger partial charge in [-0.25, -0.2) is 4.79 Å². The molecule has 2 atom stereocenters. The highest BCUT2D eigenvalue weighted by Gasteiger charge is 2.27. The quantitative estimate of drug-likeness (QED) is 0.437. The van der Waals surface area contributed by atoms with Crippen LogP contribution >= 0.6 is 23.5 Å². The lowest BCUT2D eigenvalue weighted by atomic mass is 10.00. The van der Waals surface area contributed by atoms with Crippen molar-refractivity contribution in [3.05, 3.63) is 70.8 Å². The predicted molar refractivity (Wildman–Crippen MR) is 137 cm³/mol. The summed E-state index contributed by atoms with van der Waals surface area (Å²) in [5.41, 5.74) is 4.67. The Kier molecular flexibility index (Phi) is 11.5. The first-order valence-electron chi connectivity index (χ1n) is 11.1. The van der Waals surface area contributed by atoms with E-state index in [0.29, 0.717) is 17.9 Å². The smallest absolute Gasteiger partial charge is 0.329 e. The summed E-state index contributed by atoms with van der Waals surface area (Å²) in [6, 6.07) is 15.3. The number of hydrogen-bond donors (Lipinski definition) is 1. The molecule has 0 radical (unpaired) electrons. The van der Waals surface area contributed by atoms with Gasteiger partial charge >= 0.3 is 5.97 Å². The Morgan fingerprint density at radius 1 is 0.970 bits per heavy atom.